The number of nitrogens with one attached hydrogen (secondary N) is 2. The van der Waals surface area contributed by atoms with Crippen molar-refractivity contribution in [1.82, 2.24) is 15.5 Å². The van der Waals surface area contributed by atoms with E-state index >= 15 is 0 Å². The molecule has 16 heavy (non-hydrogen) atoms. The molecule has 2 unspecified atom stereocenters. The zero-order chi connectivity index (χ0) is 12.0. The average molecular weight is 227 g/mol. The van der Waals surface area contributed by atoms with Crippen molar-refractivity contribution in [2.24, 2.45) is 5.92 Å². The quantitative estimate of drug-likeness (QED) is 0.716. The normalized spacial score (nSPS) is 24.0. The van der Waals surface area contributed by atoms with E-state index in [4.69, 9.17) is 0 Å². The Hall–Kier alpha value is -0.120. The Labute approximate surface area is 101 Å². The SMILES string of the molecule is CC(C)C(CN(C)C)NCC1CCCCN1. The third-order valence-corrected chi connectivity index (χ3v) is 3.41. The summed E-state index contributed by atoms with van der Waals surface area (Å²) in [5.74, 6) is 0.700. The monoisotopic (exact) mass is 227 g/mol. The summed E-state index contributed by atoms with van der Waals surface area (Å²) in [6.07, 6.45) is 4.07. The molecule has 1 aliphatic rings. The predicted molar refractivity (Wildman–Crippen MR) is 70.8 cm³/mol. The molecule has 2 N–H and O–H groups in total. The second kappa shape index (κ2) is 7.25. The van der Waals surface area contributed by atoms with Gasteiger partial charge in [-0.1, -0.05) is 20.3 Å². The van der Waals surface area contributed by atoms with Crippen molar-refractivity contribution in [1.29, 1.82) is 0 Å². The third kappa shape index (κ3) is 5.28. The molecule has 1 heterocycles. The molecule has 1 aliphatic heterocycles. The van der Waals surface area contributed by atoms with Gasteiger partial charge in [0.05, 0.1) is 0 Å². The fourth-order valence-corrected chi connectivity index (χ4v) is 2.30. The molecule has 0 bridgehead atoms. The summed E-state index contributed by atoms with van der Waals surface area (Å²) in [7, 11) is 4.30. The molecule has 3 nitrogen and oxygen atoms in total. The molecule has 0 aromatic carbocycles. The molecule has 0 amide bonds. The fourth-order valence-electron chi connectivity index (χ4n) is 2.30. The topological polar surface area (TPSA) is 27.3 Å². The molecule has 1 fully saturated rings. The van der Waals surface area contributed by atoms with Crippen molar-refractivity contribution in [2.75, 3.05) is 33.7 Å². The number of nitrogens with zero attached hydrogens (tertiary/aromatic N) is 1. The first-order chi connectivity index (χ1) is 7.59. The van der Waals surface area contributed by atoms with Crippen molar-refractivity contribution in [2.45, 2.75) is 45.2 Å². The second-order valence-electron chi connectivity index (χ2n) is 5.67. The van der Waals surface area contributed by atoms with Crippen LogP contribution in [0.3, 0.4) is 0 Å². The first-order valence-corrected chi connectivity index (χ1v) is 6.71. The highest BCUT2D eigenvalue weighted by Crippen LogP contribution is 2.08. The van der Waals surface area contributed by atoms with Crippen molar-refractivity contribution in [3.05, 3.63) is 0 Å². The number of piperidine rings is 1. The molecule has 1 rings (SSSR count). The molecule has 2 atom stereocenters. The van der Waals surface area contributed by atoms with Crippen LogP contribution in [0.2, 0.25) is 0 Å². The van der Waals surface area contributed by atoms with E-state index in [1.54, 1.807) is 0 Å². The zero-order valence-corrected chi connectivity index (χ0v) is 11.4. The van der Waals surface area contributed by atoms with Crippen LogP contribution in [0.4, 0.5) is 0 Å². The molecular formula is C13H29N3. The Balaban J connectivity index is 2.25. The molecule has 0 spiro atoms. The number of hydrogen-bond acceptors (Lipinski definition) is 3. The van der Waals surface area contributed by atoms with Gasteiger partial charge < -0.3 is 15.5 Å². The summed E-state index contributed by atoms with van der Waals surface area (Å²) < 4.78 is 0. The Morgan fingerprint density at radius 2 is 2.06 bits per heavy atom. The van der Waals surface area contributed by atoms with Gasteiger partial charge in [0.2, 0.25) is 0 Å². The van der Waals surface area contributed by atoms with E-state index in [0.717, 1.165) is 13.1 Å². The maximum Gasteiger partial charge on any atom is 0.0218 e. The van der Waals surface area contributed by atoms with Gasteiger partial charge in [-0.25, -0.2) is 0 Å². The number of hydrogen-bond donors (Lipinski definition) is 2. The number of likely N-dealkylation sites (N-methyl/N-ethyl adjacent to an activating group) is 1. The van der Waals surface area contributed by atoms with Crippen LogP contribution >= 0.6 is 0 Å². The van der Waals surface area contributed by atoms with Gasteiger partial charge in [-0.2, -0.15) is 0 Å². The summed E-state index contributed by atoms with van der Waals surface area (Å²) in [6.45, 7) is 8.05. The highest BCUT2D eigenvalue weighted by molar-refractivity contribution is 4.79. The Bertz CT molecular complexity index is 174. The summed E-state index contributed by atoms with van der Waals surface area (Å²) in [5, 5.41) is 7.31. The zero-order valence-electron chi connectivity index (χ0n) is 11.4. The average Bonchev–Trinajstić information content (AvgIpc) is 2.25. The van der Waals surface area contributed by atoms with Crippen molar-refractivity contribution < 1.29 is 0 Å². The predicted octanol–water partition coefficient (Wildman–Crippen LogP) is 1.30. The lowest BCUT2D eigenvalue weighted by atomic mass is 10.0. The minimum Gasteiger partial charge on any atom is -0.313 e. The molecule has 0 aromatic rings. The molecule has 0 aliphatic carbocycles. The van der Waals surface area contributed by atoms with Gasteiger partial charge in [0, 0.05) is 25.2 Å². The van der Waals surface area contributed by atoms with E-state index in [0.29, 0.717) is 18.0 Å². The lowest BCUT2D eigenvalue weighted by molar-refractivity contribution is 0.272. The molecule has 0 radical (unpaired) electrons. The molecule has 0 saturated carbocycles. The Morgan fingerprint density at radius 1 is 1.31 bits per heavy atom. The summed E-state index contributed by atoms with van der Waals surface area (Å²) >= 11 is 0. The van der Waals surface area contributed by atoms with Crippen LogP contribution in [-0.4, -0.2) is 50.7 Å². The van der Waals surface area contributed by atoms with Crippen molar-refractivity contribution in [3.8, 4) is 0 Å². The van der Waals surface area contributed by atoms with E-state index < -0.39 is 0 Å². The Morgan fingerprint density at radius 3 is 2.56 bits per heavy atom. The molecule has 3 heteroatoms. The van der Waals surface area contributed by atoms with Gasteiger partial charge in [0.25, 0.3) is 0 Å². The van der Waals surface area contributed by atoms with E-state index in [2.05, 4.69) is 43.5 Å². The van der Waals surface area contributed by atoms with Crippen molar-refractivity contribution in [3.63, 3.8) is 0 Å². The van der Waals surface area contributed by atoms with E-state index in [9.17, 15) is 0 Å². The van der Waals surface area contributed by atoms with E-state index in [-0.39, 0.29) is 0 Å². The smallest absolute Gasteiger partial charge is 0.0218 e. The van der Waals surface area contributed by atoms with E-state index in [1.807, 2.05) is 0 Å². The highest BCUT2D eigenvalue weighted by Gasteiger charge is 2.17. The number of rotatable bonds is 6. The lowest BCUT2D eigenvalue weighted by Gasteiger charge is -2.30. The minimum atomic E-state index is 0.610. The molecule has 96 valence electrons. The summed E-state index contributed by atoms with van der Waals surface area (Å²) in [4.78, 5) is 2.27. The highest BCUT2D eigenvalue weighted by atomic mass is 15.1. The maximum atomic E-state index is 3.72. The second-order valence-corrected chi connectivity index (χ2v) is 5.67. The van der Waals surface area contributed by atoms with E-state index in [1.165, 1.54) is 25.8 Å². The van der Waals surface area contributed by atoms with Crippen LogP contribution in [0.5, 0.6) is 0 Å². The summed E-state index contributed by atoms with van der Waals surface area (Å²) in [6, 6.07) is 1.30. The third-order valence-electron chi connectivity index (χ3n) is 3.41. The van der Waals surface area contributed by atoms with Crippen LogP contribution in [0.1, 0.15) is 33.1 Å². The first-order valence-electron chi connectivity index (χ1n) is 6.71. The lowest BCUT2D eigenvalue weighted by Crippen LogP contribution is -2.49. The van der Waals surface area contributed by atoms with Gasteiger partial charge in [-0.05, 0) is 39.4 Å². The standard InChI is InChI=1S/C13H29N3/c1-11(2)13(10-16(3)4)15-9-12-7-5-6-8-14-12/h11-15H,5-10H2,1-4H3. The summed E-state index contributed by atoms with van der Waals surface area (Å²) in [5.41, 5.74) is 0. The molecule has 1 saturated heterocycles. The Kier molecular flexibility index (Phi) is 6.32. The minimum absolute atomic E-state index is 0.610. The molecule has 0 aromatic heterocycles. The largest absolute Gasteiger partial charge is 0.313 e. The van der Waals surface area contributed by atoms with Crippen LogP contribution in [0.15, 0.2) is 0 Å². The van der Waals surface area contributed by atoms with Gasteiger partial charge in [-0.3, -0.25) is 0 Å². The van der Waals surface area contributed by atoms with Crippen LogP contribution in [0.25, 0.3) is 0 Å². The molecular weight excluding hydrogens is 198 g/mol. The van der Waals surface area contributed by atoms with Crippen LogP contribution in [0, 0.1) is 5.92 Å². The van der Waals surface area contributed by atoms with Gasteiger partial charge in [0.1, 0.15) is 0 Å². The van der Waals surface area contributed by atoms with Gasteiger partial charge >= 0.3 is 0 Å². The van der Waals surface area contributed by atoms with Crippen molar-refractivity contribution >= 4 is 0 Å². The van der Waals surface area contributed by atoms with Crippen LogP contribution < -0.4 is 10.6 Å². The van der Waals surface area contributed by atoms with Crippen LogP contribution in [-0.2, 0) is 0 Å². The first kappa shape index (κ1) is 13.9. The van der Waals surface area contributed by atoms with Gasteiger partial charge in [0.15, 0.2) is 0 Å². The van der Waals surface area contributed by atoms with Gasteiger partial charge in [-0.15, -0.1) is 0 Å². The maximum absolute atomic E-state index is 3.72. The fraction of sp³-hybridized carbons (Fsp3) is 1.00.